The Morgan fingerprint density at radius 2 is 1.89 bits per heavy atom. The highest BCUT2D eigenvalue weighted by Gasteiger charge is 2.00. The van der Waals surface area contributed by atoms with Crippen LogP contribution in [0.5, 0.6) is 0 Å². The van der Waals surface area contributed by atoms with Crippen molar-refractivity contribution in [1.82, 2.24) is 0 Å². The molecule has 18 heavy (non-hydrogen) atoms. The summed E-state index contributed by atoms with van der Waals surface area (Å²) in [5, 5.41) is 3.96. The van der Waals surface area contributed by atoms with E-state index < -0.39 is 0 Å². The van der Waals surface area contributed by atoms with E-state index in [1.165, 1.54) is 10.5 Å². The van der Waals surface area contributed by atoms with Gasteiger partial charge in [0.25, 0.3) is 0 Å². The molecule has 4 heteroatoms. The first-order chi connectivity index (χ1) is 8.69. The number of nitrogens with two attached hydrogens (primary N) is 1. The lowest BCUT2D eigenvalue weighted by atomic mass is 10.2. The molecule has 0 saturated heterocycles. The maximum Gasteiger partial charge on any atom is 0.0577 e. The Balaban J connectivity index is 2.02. The van der Waals surface area contributed by atoms with Gasteiger partial charge in [-0.05, 0) is 42.2 Å². The second-order valence-electron chi connectivity index (χ2n) is 3.93. The van der Waals surface area contributed by atoms with Crippen LogP contribution in [-0.4, -0.2) is 6.26 Å². The predicted molar refractivity (Wildman–Crippen MR) is 81.4 cm³/mol. The van der Waals surface area contributed by atoms with Crippen molar-refractivity contribution in [2.24, 2.45) is 0 Å². The summed E-state index contributed by atoms with van der Waals surface area (Å²) in [5.74, 6) is 0. The fourth-order valence-electron chi connectivity index (χ4n) is 1.64. The molecular formula is C14H15ClN2S. The van der Waals surface area contributed by atoms with Crippen LogP contribution in [0.3, 0.4) is 0 Å². The largest absolute Gasteiger partial charge is 0.397 e. The predicted octanol–water partition coefficient (Wildman–Crippen LogP) is 4.26. The molecule has 0 bridgehead atoms. The lowest BCUT2D eigenvalue weighted by Gasteiger charge is -2.10. The molecule has 0 aromatic heterocycles. The van der Waals surface area contributed by atoms with Gasteiger partial charge in [-0.1, -0.05) is 23.7 Å². The minimum atomic E-state index is 0.655. The Morgan fingerprint density at radius 1 is 1.17 bits per heavy atom. The van der Waals surface area contributed by atoms with Crippen molar-refractivity contribution in [2.45, 2.75) is 11.4 Å². The van der Waals surface area contributed by atoms with Crippen molar-refractivity contribution in [2.75, 3.05) is 17.3 Å². The van der Waals surface area contributed by atoms with E-state index in [4.69, 9.17) is 17.3 Å². The van der Waals surface area contributed by atoms with Crippen LogP contribution in [0, 0.1) is 0 Å². The van der Waals surface area contributed by atoms with Gasteiger partial charge in [0.15, 0.2) is 0 Å². The molecule has 0 fully saturated rings. The Labute approximate surface area is 117 Å². The third-order valence-electron chi connectivity index (χ3n) is 2.66. The average Bonchev–Trinajstić information content (AvgIpc) is 2.38. The molecule has 2 aromatic carbocycles. The van der Waals surface area contributed by atoms with Gasteiger partial charge in [-0.25, -0.2) is 0 Å². The standard InChI is InChI=1S/C14H15ClN2S/c1-18-12-5-2-10(3-6-12)9-17-14-7-4-11(15)8-13(14)16/h2-8,17H,9,16H2,1H3. The summed E-state index contributed by atoms with van der Waals surface area (Å²) < 4.78 is 0. The number of halogens is 1. The van der Waals surface area contributed by atoms with Gasteiger partial charge in [-0.15, -0.1) is 11.8 Å². The minimum absolute atomic E-state index is 0.655. The van der Waals surface area contributed by atoms with Crippen LogP contribution in [0.1, 0.15) is 5.56 Å². The van der Waals surface area contributed by atoms with Crippen molar-refractivity contribution in [3.63, 3.8) is 0 Å². The highest BCUT2D eigenvalue weighted by molar-refractivity contribution is 7.98. The van der Waals surface area contributed by atoms with E-state index in [0.717, 1.165) is 12.2 Å². The number of anilines is 2. The SMILES string of the molecule is CSc1ccc(CNc2ccc(Cl)cc2N)cc1. The van der Waals surface area contributed by atoms with Crippen LogP contribution in [0.25, 0.3) is 0 Å². The summed E-state index contributed by atoms with van der Waals surface area (Å²) in [4.78, 5) is 1.27. The van der Waals surface area contributed by atoms with E-state index in [-0.39, 0.29) is 0 Å². The van der Waals surface area contributed by atoms with E-state index >= 15 is 0 Å². The highest BCUT2D eigenvalue weighted by atomic mass is 35.5. The van der Waals surface area contributed by atoms with Crippen molar-refractivity contribution in [1.29, 1.82) is 0 Å². The number of hydrogen-bond donors (Lipinski definition) is 2. The number of nitrogen functional groups attached to an aromatic ring is 1. The molecule has 94 valence electrons. The van der Waals surface area contributed by atoms with Crippen LogP contribution < -0.4 is 11.1 Å². The molecule has 0 heterocycles. The van der Waals surface area contributed by atoms with E-state index in [0.29, 0.717) is 10.7 Å². The third-order valence-corrected chi connectivity index (χ3v) is 3.63. The molecule has 0 aliphatic heterocycles. The normalized spacial score (nSPS) is 10.3. The zero-order chi connectivity index (χ0) is 13.0. The van der Waals surface area contributed by atoms with Gasteiger partial charge in [0, 0.05) is 16.5 Å². The minimum Gasteiger partial charge on any atom is -0.397 e. The molecule has 2 aromatic rings. The van der Waals surface area contributed by atoms with Crippen LogP contribution in [0.4, 0.5) is 11.4 Å². The smallest absolute Gasteiger partial charge is 0.0577 e. The molecule has 0 unspecified atom stereocenters. The van der Waals surface area contributed by atoms with Crippen LogP contribution >= 0.6 is 23.4 Å². The van der Waals surface area contributed by atoms with E-state index in [2.05, 4.69) is 35.8 Å². The van der Waals surface area contributed by atoms with Crippen molar-refractivity contribution >= 4 is 34.7 Å². The van der Waals surface area contributed by atoms with Gasteiger partial charge in [-0.3, -0.25) is 0 Å². The van der Waals surface area contributed by atoms with Crippen LogP contribution in [-0.2, 0) is 6.54 Å². The first-order valence-corrected chi connectivity index (χ1v) is 7.21. The Kier molecular flexibility index (Phi) is 4.39. The van der Waals surface area contributed by atoms with Gasteiger partial charge in [-0.2, -0.15) is 0 Å². The van der Waals surface area contributed by atoms with E-state index in [1.807, 2.05) is 12.1 Å². The molecule has 0 spiro atoms. The van der Waals surface area contributed by atoms with Crippen LogP contribution in [0.15, 0.2) is 47.4 Å². The molecule has 0 radical (unpaired) electrons. The quantitative estimate of drug-likeness (QED) is 0.648. The summed E-state index contributed by atoms with van der Waals surface area (Å²) in [6.45, 7) is 0.750. The molecule has 0 aliphatic carbocycles. The maximum absolute atomic E-state index is 5.88. The van der Waals surface area contributed by atoms with Crippen LogP contribution in [0.2, 0.25) is 5.02 Å². The van der Waals surface area contributed by atoms with Crippen molar-refractivity contribution in [3.8, 4) is 0 Å². The van der Waals surface area contributed by atoms with E-state index in [9.17, 15) is 0 Å². The average molecular weight is 279 g/mol. The number of rotatable bonds is 4. The maximum atomic E-state index is 5.88. The third kappa shape index (κ3) is 3.34. The topological polar surface area (TPSA) is 38.0 Å². The molecule has 0 atom stereocenters. The van der Waals surface area contributed by atoms with Gasteiger partial charge in [0.05, 0.1) is 11.4 Å². The summed E-state index contributed by atoms with van der Waals surface area (Å²) in [5.41, 5.74) is 8.69. The van der Waals surface area contributed by atoms with Gasteiger partial charge in [0.1, 0.15) is 0 Å². The zero-order valence-electron chi connectivity index (χ0n) is 10.1. The molecule has 0 saturated carbocycles. The molecule has 2 rings (SSSR count). The fourth-order valence-corrected chi connectivity index (χ4v) is 2.22. The second kappa shape index (κ2) is 6.03. The van der Waals surface area contributed by atoms with E-state index in [1.54, 1.807) is 17.8 Å². The summed E-state index contributed by atoms with van der Waals surface area (Å²) in [7, 11) is 0. The molecule has 3 N–H and O–H groups in total. The first-order valence-electron chi connectivity index (χ1n) is 5.61. The number of nitrogens with one attached hydrogen (secondary N) is 1. The number of thioether (sulfide) groups is 1. The first kappa shape index (κ1) is 13.1. The Bertz CT molecular complexity index is 526. The Hall–Kier alpha value is -1.32. The number of benzene rings is 2. The molecular weight excluding hydrogens is 264 g/mol. The Morgan fingerprint density at radius 3 is 2.50 bits per heavy atom. The van der Waals surface area contributed by atoms with Gasteiger partial charge in [0.2, 0.25) is 0 Å². The van der Waals surface area contributed by atoms with Gasteiger partial charge >= 0.3 is 0 Å². The molecule has 0 amide bonds. The lowest BCUT2D eigenvalue weighted by molar-refractivity contribution is 1.14. The summed E-state index contributed by atoms with van der Waals surface area (Å²) in [6.07, 6.45) is 2.07. The monoisotopic (exact) mass is 278 g/mol. The van der Waals surface area contributed by atoms with Crippen molar-refractivity contribution < 1.29 is 0 Å². The molecule has 0 aliphatic rings. The highest BCUT2D eigenvalue weighted by Crippen LogP contribution is 2.23. The number of hydrogen-bond acceptors (Lipinski definition) is 3. The second-order valence-corrected chi connectivity index (χ2v) is 5.25. The van der Waals surface area contributed by atoms with Crippen molar-refractivity contribution in [3.05, 3.63) is 53.1 Å². The molecule has 2 nitrogen and oxygen atoms in total. The van der Waals surface area contributed by atoms with Gasteiger partial charge < -0.3 is 11.1 Å². The summed E-state index contributed by atoms with van der Waals surface area (Å²) in [6, 6.07) is 13.9. The fraction of sp³-hybridized carbons (Fsp3) is 0.143. The lowest BCUT2D eigenvalue weighted by Crippen LogP contribution is -2.02. The summed E-state index contributed by atoms with van der Waals surface area (Å²) >= 11 is 7.60. The zero-order valence-corrected chi connectivity index (χ0v) is 11.7.